The summed E-state index contributed by atoms with van der Waals surface area (Å²) < 4.78 is 40.3. The first-order chi connectivity index (χ1) is 10.00. The van der Waals surface area contributed by atoms with E-state index in [-0.39, 0.29) is 17.1 Å². The maximum atomic E-state index is 13.2. The summed E-state index contributed by atoms with van der Waals surface area (Å²) in [5.41, 5.74) is -1.25. The molecule has 22 heavy (non-hydrogen) atoms. The number of nitro groups is 1. The summed E-state index contributed by atoms with van der Waals surface area (Å²) in [5.74, 6) is 0. The van der Waals surface area contributed by atoms with Gasteiger partial charge in [-0.3, -0.25) is 10.1 Å². The lowest BCUT2D eigenvalue weighted by atomic mass is 9.92. The van der Waals surface area contributed by atoms with E-state index >= 15 is 0 Å². The van der Waals surface area contributed by atoms with Crippen LogP contribution in [-0.4, -0.2) is 14.7 Å². The highest BCUT2D eigenvalue weighted by Gasteiger charge is 2.37. The van der Waals surface area contributed by atoms with Crippen LogP contribution < -0.4 is 0 Å². The summed E-state index contributed by atoms with van der Waals surface area (Å²) in [6, 6.07) is 5.78. The highest BCUT2D eigenvalue weighted by molar-refractivity contribution is 5.42. The smallest absolute Gasteiger partial charge is 0.258 e. The molecule has 2 rings (SSSR count). The molecule has 0 aliphatic rings. The summed E-state index contributed by atoms with van der Waals surface area (Å²) in [5, 5.41) is 14.6. The Morgan fingerprint density at radius 2 is 1.68 bits per heavy atom. The molecular formula is C14H14F3N3O2. The number of hydrogen-bond acceptors (Lipinski definition) is 3. The molecule has 118 valence electrons. The topological polar surface area (TPSA) is 61.0 Å². The van der Waals surface area contributed by atoms with E-state index in [1.165, 1.54) is 12.1 Å². The standard InChI is InChI=1S/C14H14F3N3O2/c1-13(2,3)11-8-12(14(15,16)17)19(18-11)9-4-6-10(7-5-9)20(21)22/h4-8H,1-3H3. The van der Waals surface area contributed by atoms with Gasteiger partial charge in [-0.1, -0.05) is 20.8 Å². The van der Waals surface area contributed by atoms with Gasteiger partial charge in [-0.25, -0.2) is 4.68 Å². The third kappa shape index (κ3) is 3.10. The van der Waals surface area contributed by atoms with Gasteiger partial charge in [0.05, 0.1) is 16.3 Å². The van der Waals surface area contributed by atoms with Gasteiger partial charge in [-0.2, -0.15) is 18.3 Å². The molecule has 5 nitrogen and oxygen atoms in total. The van der Waals surface area contributed by atoms with E-state index in [1.54, 1.807) is 20.8 Å². The number of benzene rings is 1. The van der Waals surface area contributed by atoms with Crippen LogP contribution in [0.4, 0.5) is 18.9 Å². The average molecular weight is 313 g/mol. The van der Waals surface area contributed by atoms with Crippen LogP contribution in [0.5, 0.6) is 0 Å². The zero-order valence-corrected chi connectivity index (χ0v) is 12.2. The van der Waals surface area contributed by atoms with Gasteiger partial charge in [0.25, 0.3) is 5.69 Å². The second-order valence-electron chi connectivity index (χ2n) is 5.85. The van der Waals surface area contributed by atoms with E-state index < -0.39 is 22.2 Å². The van der Waals surface area contributed by atoms with Crippen LogP contribution >= 0.6 is 0 Å². The number of nitrogens with zero attached hydrogens (tertiary/aromatic N) is 3. The molecular weight excluding hydrogens is 299 g/mol. The zero-order valence-electron chi connectivity index (χ0n) is 12.2. The molecule has 0 aliphatic heterocycles. The first kappa shape index (κ1) is 16.0. The average Bonchev–Trinajstić information content (AvgIpc) is 2.83. The monoisotopic (exact) mass is 313 g/mol. The highest BCUT2D eigenvalue weighted by atomic mass is 19.4. The van der Waals surface area contributed by atoms with Gasteiger partial charge in [0.1, 0.15) is 5.69 Å². The van der Waals surface area contributed by atoms with Gasteiger partial charge in [0.15, 0.2) is 0 Å². The Balaban J connectivity index is 2.58. The van der Waals surface area contributed by atoms with Gasteiger partial charge >= 0.3 is 6.18 Å². The number of non-ortho nitro benzene ring substituents is 1. The number of nitro benzene ring substituents is 1. The fourth-order valence-electron chi connectivity index (χ4n) is 1.86. The van der Waals surface area contributed by atoms with E-state index in [0.29, 0.717) is 0 Å². The van der Waals surface area contributed by atoms with E-state index in [0.717, 1.165) is 22.9 Å². The molecule has 0 radical (unpaired) electrons. The highest BCUT2D eigenvalue weighted by Crippen LogP contribution is 2.34. The molecule has 0 amide bonds. The molecule has 1 aromatic carbocycles. The molecule has 0 aliphatic carbocycles. The summed E-state index contributed by atoms with van der Waals surface area (Å²) in [6.45, 7) is 5.28. The Kier molecular flexibility index (Phi) is 3.72. The van der Waals surface area contributed by atoms with Crippen LogP contribution in [0.2, 0.25) is 0 Å². The lowest BCUT2D eigenvalue weighted by molar-refractivity contribution is -0.384. The summed E-state index contributed by atoms with van der Waals surface area (Å²) in [6.07, 6.45) is -4.57. The van der Waals surface area contributed by atoms with Gasteiger partial charge < -0.3 is 0 Å². The fourth-order valence-corrected chi connectivity index (χ4v) is 1.86. The van der Waals surface area contributed by atoms with Crippen LogP contribution in [0.25, 0.3) is 5.69 Å². The second kappa shape index (κ2) is 5.11. The largest absolute Gasteiger partial charge is 0.433 e. The van der Waals surface area contributed by atoms with Crippen LogP contribution in [0, 0.1) is 10.1 Å². The molecule has 0 saturated carbocycles. The van der Waals surface area contributed by atoms with Crippen LogP contribution in [0.15, 0.2) is 30.3 Å². The third-order valence-electron chi connectivity index (χ3n) is 3.07. The number of aromatic nitrogens is 2. The minimum Gasteiger partial charge on any atom is -0.258 e. The second-order valence-corrected chi connectivity index (χ2v) is 5.85. The van der Waals surface area contributed by atoms with E-state index in [4.69, 9.17) is 0 Å². The normalized spacial score (nSPS) is 12.5. The van der Waals surface area contributed by atoms with Gasteiger partial charge in [-0.15, -0.1) is 0 Å². The number of hydrogen-bond donors (Lipinski definition) is 0. The van der Waals surface area contributed by atoms with Gasteiger partial charge in [0, 0.05) is 17.5 Å². The Morgan fingerprint density at radius 3 is 2.09 bits per heavy atom. The molecule has 0 saturated heterocycles. The van der Waals surface area contributed by atoms with Gasteiger partial charge in [0.2, 0.25) is 0 Å². The van der Waals surface area contributed by atoms with Gasteiger partial charge in [-0.05, 0) is 18.2 Å². The van der Waals surface area contributed by atoms with Crippen LogP contribution in [-0.2, 0) is 11.6 Å². The van der Waals surface area contributed by atoms with Crippen molar-refractivity contribution in [1.82, 2.24) is 9.78 Å². The number of alkyl halides is 3. The maximum Gasteiger partial charge on any atom is 0.433 e. The van der Waals surface area contributed by atoms with Crippen molar-refractivity contribution in [2.24, 2.45) is 0 Å². The van der Waals surface area contributed by atoms with E-state index in [2.05, 4.69) is 5.10 Å². The van der Waals surface area contributed by atoms with Crippen molar-refractivity contribution >= 4 is 5.69 Å². The Hall–Kier alpha value is -2.38. The van der Waals surface area contributed by atoms with Crippen molar-refractivity contribution in [1.29, 1.82) is 0 Å². The van der Waals surface area contributed by atoms with Crippen molar-refractivity contribution in [2.45, 2.75) is 32.4 Å². The lowest BCUT2D eigenvalue weighted by Gasteiger charge is -2.14. The molecule has 8 heteroatoms. The molecule has 0 fully saturated rings. The Morgan fingerprint density at radius 1 is 1.14 bits per heavy atom. The summed E-state index contributed by atoms with van der Waals surface area (Å²) in [4.78, 5) is 10.0. The lowest BCUT2D eigenvalue weighted by Crippen LogP contribution is -2.14. The zero-order chi connectivity index (χ0) is 16.7. The first-order valence-corrected chi connectivity index (χ1v) is 6.43. The van der Waals surface area contributed by atoms with Crippen LogP contribution in [0.3, 0.4) is 0 Å². The summed E-state index contributed by atoms with van der Waals surface area (Å²) in [7, 11) is 0. The van der Waals surface area contributed by atoms with E-state index in [1.807, 2.05) is 0 Å². The van der Waals surface area contributed by atoms with Crippen molar-refractivity contribution in [3.8, 4) is 5.69 Å². The minimum absolute atomic E-state index is 0.119. The fraction of sp³-hybridized carbons (Fsp3) is 0.357. The summed E-state index contributed by atoms with van der Waals surface area (Å²) >= 11 is 0. The molecule has 0 bridgehead atoms. The van der Waals surface area contributed by atoms with Crippen molar-refractivity contribution in [3.63, 3.8) is 0 Å². The molecule has 0 atom stereocenters. The minimum atomic E-state index is -4.57. The quantitative estimate of drug-likeness (QED) is 0.619. The Bertz CT molecular complexity index is 698. The molecule has 0 N–H and O–H groups in total. The van der Waals surface area contributed by atoms with E-state index in [9.17, 15) is 23.3 Å². The predicted molar refractivity (Wildman–Crippen MR) is 73.9 cm³/mol. The molecule has 0 spiro atoms. The predicted octanol–water partition coefficient (Wildman–Crippen LogP) is 4.10. The Labute approximate surface area is 124 Å². The molecule has 1 aromatic heterocycles. The maximum absolute atomic E-state index is 13.2. The van der Waals surface area contributed by atoms with Crippen molar-refractivity contribution in [3.05, 3.63) is 51.8 Å². The molecule has 2 aromatic rings. The van der Waals surface area contributed by atoms with Crippen molar-refractivity contribution in [2.75, 3.05) is 0 Å². The SMILES string of the molecule is CC(C)(C)c1cc(C(F)(F)F)n(-c2ccc([N+](=O)[O-])cc2)n1. The molecule has 0 unspecified atom stereocenters. The number of rotatable bonds is 2. The van der Waals surface area contributed by atoms with Crippen molar-refractivity contribution < 1.29 is 18.1 Å². The third-order valence-corrected chi connectivity index (χ3v) is 3.07. The first-order valence-electron chi connectivity index (χ1n) is 6.43. The molecule has 1 heterocycles. The van der Waals surface area contributed by atoms with Crippen LogP contribution in [0.1, 0.15) is 32.2 Å². The number of halogens is 3.